The van der Waals surface area contributed by atoms with Crippen LogP contribution in [0, 0.1) is 0 Å². The van der Waals surface area contributed by atoms with Crippen molar-refractivity contribution in [2.75, 3.05) is 4.90 Å². The van der Waals surface area contributed by atoms with Crippen LogP contribution < -0.4 is 4.90 Å². The summed E-state index contributed by atoms with van der Waals surface area (Å²) in [6.45, 7) is 0. The van der Waals surface area contributed by atoms with Gasteiger partial charge in [-0.15, -0.1) is 11.3 Å². The Morgan fingerprint density at radius 3 is 1.97 bits per heavy atom. The van der Waals surface area contributed by atoms with Gasteiger partial charge in [0.1, 0.15) is 11.2 Å². The molecule has 13 aromatic rings. The maximum atomic E-state index is 6.48. The molecule has 0 N–H and O–H groups in total. The van der Waals surface area contributed by atoms with Crippen LogP contribution in [0.3, 0.4) is 0 Å². The van der Waals surface area contributed by atoms with Gasteiger partial charge in [0.25, 0.3) is 0 Å². The summed E-state index contributed by atoms with van der Waals surface area (Å²) < 4.78 is 11.3. The topological polar surface area (TPSA) is 34.2 Å². The quantitative estimate of drug-likeness (QED) is 0.168. The SMILES string of the molecule is c1ccc(-c2cccc(N(c3cc(-c4ccc5c(c4)oc4ccccc45)cc(-n4c5ccccc5c5ccccc54)c3)c3ccc4cc5sc6cccnc6c5cc4c3)c2)cc1. The maximum Gasteiger partial charge on any atom is 0.136 e. The molecule has 0 radical (unpaired) electrons. The number of thiophene rings is 1. The average molecular weight is 810 g/mol. The molecule has 13 rings (SSSR count). The van der Waals surface area contributed by atoms with Gasteiger partial charge in [0.05, 0.1) is 21.3 Å². The summed E-state index contributed by atoms with van der Waals surface area (Å²) in [5.41, 5.74) is 13.9. The van der Waals surface area contributed by atoms with Crippen LogP contribution in [0.1, 0.15) is 0 Å². The van der Waals surface area contributed by atoms with Crippen molar-refractivity contribution in [3.05, 3.63) is 212 Å². The Morgan fingerprint density at radius 2 is 1.11 bits per heavy atom. The molecule has 4 heterocycles. The van der Waals surface area contributed by atoms with E-state index < -0.39 is 0 Å². The Morgan fingerprint density at radius 1 is 0.403 bits per heavy atom. The summed E-state index contributed by atoms with van der Waals surface area (Å²) in [5, 5.41) is 8.23. The van der Waals surface area contributed by atoms with E-state index >= 15 is 0 Å². The Hall–Kier alpha value is -7.99. The number of pyridine rings is 1. The van der Waals surface area contributed by atoms with E-state index in [1.54, 1.807) is 11.3 Å². The van der Waals surface area contributed by atoms with Crippen molar-refractivity contribution in [3.63, 3.8) is 0 Å². The average Bonchev–Trinajstić information content (AvgIpc) is 4.00. The van der Waals surface area contributed by atoms with Crippen LogP contribution in [0.2, 0.25) is 0 Å². The third-order valence-electron chi connectivity index (χ3n) is 12.3. The number of hydrogen-bond donors (Lipinski definition) is 0. The lowest BCUT2D eigenvalue weighted by Gasteiger charge is -2.28. The van der Waals surface area contributed by atoms with Gasteiger partial charge in [-0.1, -0.05) is 109 Å². The molecule has 0 unspecified atom stereocenters. The van der Waals surface area contributed by atoms with Gasteiger partial charge in [0, 0.05) is 60.6 Å². The van der Waals surface area contributed by atoms with Gasteiger partial charge < -0.3 is 13.9 Å². The molecule has 0 saturated carbocycles. The highest BCUT2D eigenvalue weighted by Gasteiger charge is 2.20. The molecule has 0 aliphatic carbocycles. The summed E-state index contributed by atoms with van der Waals surface area (Å²) in [6.07, 6.45) is 1.89. The highest BCUT2D eigenvalue weighted by Crippen LogP contribution is 2.44. The van der Waals surface area contributed by atoms with Crippen LogP contribution in [-0.4, -0.2) is 9.55 Å². The third kappa shape index (κ3) is 5.56. The van der Waals surface area contributed by atoms with Gasteiger partial charge in [0.2, 0.25) is 0 Å². The minimum Gasteiger partial charge on any atom is -0.456 e. The van der Waals surface area contributed by atoms with Crippen molar-refractivity contribution in [1.82, 2.24) is 9.55 Å². The molecular weight excluding hydrogens is 775 g/mol. The Bertz CT molecular complexity index is 3840. The number of aromatic nitrogens is 2. The number of anilines is 3. The predicted octanol–water partition coefficient (Wildman–Crippen LogP) is 16.4. The van der Waals surface area contributed by atoms with Crippen molar-refractivity contribution in [3.8, 4) is 27.9 Å². The lowest BCUT2D eigenvalue weighted by molar-refractivity contribution is 0.669. The zero-order valence-electron chi connectivity index (χ0n) is 33.4. The molecule has 0 atom stereocenters. The molecule has 290 valence electrons. The van der Waals surface area contributed by atoms with Crippen LogP contribution in [0.25, 0.3) is 103 Å². The number of fused-ring (bicyclic) bond motifs is 10. The number of nitrogens with zero attached hydrogens (tertiary/aromatic N) is 3. The number of para-hydroxylation sites is 3. The van der Waals surface area contributed by atoms with Gasteiger partial charge in [-0.2, -0.15) is 0 Å². The van der Waals surface area contributed by atoms with Gasteiger partial charge in [-0.05, 0) is 130 Å². The smallest absolute Gasteiger partial charge is 0.136 e. The van der Waals surface area contributed by atoms with E-state index in [2.05, 4.69) is 198 Å². The molecule has 0 aliphatic heterocycles. The summed E-state index contributed by atoms with van der Waals surface area (Å²) >= 11 is 1.80. The van der Waals surface area contributed by atoms with E-state index in [1.165, 1.54) is 41.9 Å². The fourth-order valence-electron chi connectivity index (χ4n) is 9.50. The molecule has 0 fully saturated rings. The van der Waals surface area contributed by atoms with Crippen molar-refractivity contribution >= 4 is 103 Å². The zero-order valence-corrected chi connectivity index (χ0v) is 34.2. The fraction of sp³-hybridized carbons (Fsp3) is 0. The van der Waals surface area contributed by atoms with Crippen LogP contribution >= 0.6 is 11.3 Å². The fourth-order valence-corrected chi connectivity index (χ4v) is 10.6. The van der Waals surface area contributed by atoms with Crippen molar-refractivity contribution < 1.29 is 4.42 Å². The van der Waals surface area contributed by atoms with E-state index in [4.69, 9.17) is 9.40 Å². The Labute approximate surface area is 360 Å². The second-order valence-electron chi connectivity index (χ2n) is 16.0. The van der Waals surface area contributed by atoms with E-state index in [-0.39, 0.29) is 0 Å². The Balaban J connectivity index is 1.09. The first-order valence-corrected chi connectivity index (χ1v) is 21.7. The van der Waals surface area contributed by atoms with E-state index in [0.29, 0.717) is 0 Å². The normalized spacial score (nSPS) is 11.9. The number of benzene rings is 9. The molecule has 4 nitrogen and oxygen atoms in total. The van der Waals surface area contributed by atoms with Crippen LogP contribution in [0.4, 0.5) is 17.1 Å². The molecule has 5 heteroatoms. The molecule has 0 spiro atoms. The largest absolute Gasteiger partial charge is 0.456 e. The molecule has 4 aromatic heterocycles. The van der Waals surface area contributed by atoms with Gasteiger partial charge in [-0.3, -0.25) is 4.98 Å². The monoisotopic (exact) mass is 809 g/mol. The highest BCUT2D eigenvalue weighted by atomic mass is 32.1. The van der Waals surface area contributed by atoms with E-state index in [0.717, 1.165) is 77.9 Å². The zero-order chi connectivity index (χ0) is 40.7. The van der Waals surface area contributed by atoms with Crippen molar-refractivity contribution in [1.29, 1.82) is 0 Å². The summed E-state index contributed by atoms with van der Waals surface area (Å²) in [7, 11) is 0. The van der Waals surface area contributed by atoms with Gasteiger partial charge >= 0.3 is 0 Å². The molecular formula is C57H35N3OS. The number of furan rings is 1. The first kappa shape index (κ1) is 34.8. The molecule has 0 bridgehead atoms. The second kappa shape index (κ2) is 13.8. The number of hydrogen-bond acceptors (Lipinski definition) is 4. The summed E-state index contributed by atoms with van der Waals surface area (Å²) in [5.74, 6) is 0. The molecule has 0 saturated heterocycles. The first-order chi connectivity index (χ1) is 30.7. The predicted molar refractivity (Wildman–Crippen MR) is 262 cm³/mol. The minimum absolute atomic E-state index is 0.872. The second-order valence-corrected chi connectivity index (χ2v) is 17.1. The third-order valence-corrected chi connectivity index (χ3v) is 13.5. The van der Waals surface area contributed by atoms with E-state index in [1.807, 2.05) is 24.4 Å². The summed E-state index contributed by atoms with van der Waals surface area (Å²) in [6, 6.07) is 74.6. The lowest BCUT2D eigenvalue weighted by atomic mass is 10.00. The maximum absolute atomic E-state index is 6.48. The lowest BCUT2D eigenvalue weighted by Crippen LogP contribution is -2.11. The standard InChI is InChI=1S/C57H35N3OS/c1-2-12-36(13-3-1)37-14-10-15-42(28-37)59(43-25-23-39-34-56-50(32-41(39)29-43)57-55(62-56)22-11-27-58-57)44-30-40(38-24-26-49-48-18-6-9-21-53(48)61-54(49)33-38)31-45(35-44)60-51-19-7-4-16-46(51)47-17-5-8-20-52(47)60/h1-35H. The van der Waals surface area contributed by atoms with Gasteiger partial charge in [0.15, 0.2) is 0 Å². The highest BCUT2D eigenvalue weighted by molar-refractivity contribution is 7.25. The van der Waals surface area contributed by atoms with Gasteiger partial charge in [-0.25, -0.2) is 0 Å². The van der Waals surface area contributed by atoms with Crippen molar-refractivity contribution in [2.45, 2.75) is 0 Å². The first-order valence-electron chi connectivity index (χ1n) is 20.9. The van der Waals surface area contributed by atoms with E-state index in [9.17, 15) is 0 Å². The molecule has 0 aliphatic rings. The minimum atomic E-state index is 0.872. The molecule has 62 heavy (non-hydrogen) atoms. The molecule has 0 amide bonds. The van der Waals surface area contributed by atoms with Crippen LogP contribution in [-0.2, 0) is 0 Å². The molecule has 9 aromatic carbocycles. The number of rotatable bonds is 6. The van der Waals surface area contributed by atoms with Crippen molar-refractivity contribution in [2.24, 2.45) is 0 Å². The van der Waals surface area contributed by atoms with Crippen LogP contribution in [0.5, 0.6) is 0 Å². The Kier molecular flexibility index (Phi) is 7.74. The summed E-state index contributed by atoms with van der Waals surface area (Å²) in [4.78, 5) is 7.22. The van der Waals surface area contributed by atoms with Crippen LogP contribution in [0.15, 0.2) is 217 Å².